The van der Waals surface area contributed by atoms with E-state index in [2.05, 4.69) is 0 Å². The lowest BCUT2D eigenvalue weighted by Crippen LogP contribution is -2.17. The maximum absolute atomic E-state index is 12.8. The molecule has 1 N–H and O–H groups in total. The highest BCUT2D eigenvalue weighted by Crippen LogP contribution is 2.40. The normalized spacial score (nSPS) is 22.7. The number of benzene rings is 1. The lowest BCUT2D eigenvalue weighted by Gasteiger charge is -2.21. The molecule has 0 bridgehead atoms. The Morgan fingerprint density at radius 2 is 2.00 bits per heavy atom. The number of alkyl halides is 3. The minimum atomic E-state index is -4.40. The van der Waals surface area contributed by atoms with Crippen LogP contribution in [0.2, 0.25) is 0 Å². The molecule has 1 saturated heterocycles. The lowest BCUT2D eigenvalue weighted by molar-refractivity contribution is -0.139. The first-order valence-electron chi connectivity index (χ1n) is 5.46. The van der Waals surface area contributed by atoms with Crippen LogP contribution >= 0.6 is 11.8 Å². The van der Waals surface area contributed by atoms with E-state index in [1.54, 1.807) is 11.8 Å². The number of aliphatic hydroxyl groups excluding tert-OH is 1. The third-order valence-electron chi connectivity index (χ3n) is 2.90. The number of hydrogen-bond donors (Lipinski definition) is 1. The largest absolute Gasteiger partial charge is 0.416 e. The van der Waals surface area contributed by atoms with Crippen molar-refractivity contribution in [2.75, 3.05) is 5.75 Å². The van der Waals surface area contributed by atoms with Gasteiger partial charge in [-0.25, -0.2) is 0 Å². The van der Waals surface area contributed by atoms with Crippen molar-refractivity contribution in [3.05, 3.63) is 35.4 Å². The summed E-state index contributed by atoms with van der Waals surface area (Å²) in [6.07, 6.45) is -3.69. The fraction of sp³-hybridized carbons (Fsp3) is 0.500. The van der Waals surface area contributed by atoms with Gasteiger partial charge in [-0.1, -0.05) is 18.2 Å². The molecule has 1 aromatic rings. The predicted molar refractivity (Wildman–Crippen MR) is 61.9 cm³/mol. The van der Waals surface area contributed by atoms with Crippen LogP contribution in [-0.4, -0.2) is 16.1 Å². The van der Waals surface area contributed by atoms with E-state index >= 15 is 0 Å². The van der Waals surface area contributed by atoms with Gasteiger partial charge < -0.3 is 5.11 Å². The standard InChI is InChI=1S/C12H13F3OS/c13-12(14,15)9-5-2-1-4-8(9)11(16)10-6-3-7-17-10/h1-2,4-5,10-11,16H,3,6-7H2. The highest BCUT2D eigenvalue weighted by Gasteiger charge is 2.36. The van der Waals surface area contributed by atoms with Crippen molar-refractivity contribution >= 4 is 11.8 Å². The number of thioether (sulfide) groups is 1. The molecule has 1 fully saturated rings. The molecule has 1 aromatic carbocycles. The van der Waals surface area contributed by atoms with Gasteiger partial charge in [0.2, 0.25) is 0 Å². The quantitative estimate of drug-likeness (QED) is 0.878. The molecule has 0 amide bonds. The number of rotatable bonds is 2. The number of halogens is 3. The van der Waals surface area contributed by atoms with E-state index < -0.39 is 17.8 Å². The molecule has 94 valence electrons. The smallest absolute Gasteiger partial charge is 0.387 e. The second kappa shape index (κ2) is 4.90. The summed E-state index contributed by atoms with van der Waals surface area (Å²) in [5.74, 6) is 0.913. The highest BCUT2D eigenvalue weighted by atomic mass is 32.2. The van der Waals surface area contributed by atoms with Crippen molar-refractivity contribution in [3.63, 3.8) is 0 Å². The van der Waals surface area contributed by atoms with E-state index in [0.717, 1.165) is 24.7 Å². The molecular weight excluding hydrogens is 249 g/mol. The van der Waals surface area contributed by atoms with Gasteiger partial charge in [-0.3, -0.25) is 0 Å². The molecule has 0 spiro atoms. The van der Waals surface area contributed by atoms with Crippen molar-refractivity contribution in [3.8, 4) is 0 Å². The molecule has 0 aliphatic carbocycles. The summed E-state index contributed by atoms with van der Waals surface area (Å²) in [5, 5.41) is 9.93. The molecule has 1 aliphatic heterocycles. The van der Waals surface area contributed by atoms with Crippen molar-refractivity contribution in [1.29, 1.82) is 0 Å². The second-order valence-electron chi connectivity index (χ2n) is 4.08. The number of aliphatic hydroxyl groups is 1. The zero-order chi connectivity index (χ0) is 12.5. The lowest BCUT2D eigenvalue weighted by atomic mass is 9.98. The first-order chi connectivity index (χ1) is 8.00. The van der Waals surface area contributed by atoms with E-state index in [-0.39, 0.29) is 10.8 Å². The topological polar surface area (TPSA) is 20.2 Å². The van der Waals surface area contributed by atoms with Gasteiger partial charge in [-0.15, -0.1) is 0 Å². The van der Waals surface area contributed by atoms with Crippen LogP contribution in [-0.2, 0) is 6.18 Å². The van der Waals surface area contributed by atoms with Crippen molar-refractivity contribution in [2.45, 2.75) is 30.4 Å². The van der Waals surface area contributed by atoms with Crippen LogP contribution in [0.25, 0.3) is 0 Å². The van der Waals surface area contributed by atoms with E-state index in [0.29, 0.717) is 0 Å². The Balaban J connectivity index is 2.31. The third kappa shape index (κ3) is 2.77. The van der Waals surface area contributed by atoms with Crippen molar-refractivity contribution in [2.24, 2.45) is 0 Å². The molecule has 5 heteroatoms. The molecule has 0 radical (unpaired) electrons. The minimum absolute atomic E-state index is 0.000556. The first kappa shape index (κ1) is 12.8. The van der Waals surface area contributed by atoms with Gasteiger partial charge in [0.25, 0.3) is 0 Å². The Labute approximate surface area is 102 Å². The van der Waals surface area contributed by atoms with E-state index in [9.17, 15) is 18.3 Å². The molecule has 1 heterocycles. The molecule has 17 heavy (non-hydrogen) atoms. The molecular formula is C12H13F3OS. The molecule has 2 unspecified atom stereocenters. The van der Waals surface area contributed by atoms with Crippen LogP contribution in [0.1, 0.15) is 30.1 Å². The van der Waals surface area contributed by atoms with Crippen LogP contribution in [0.5, 0.6) is 0 Å². The summed E-state index contributed by atoms with van der Waals surface area (Å²) >= 11 is 1.55. The maximum Gasteiger partial charge on any atom is 0.416 e. The summed E-state index contributed by atoms with van der Waals surface area (Å²) < 4.78 is 38.3. The Hall–Kier alpha value is -0.680. The van der Waals surface area contributed by atoms with Gasteiger partial charge in [0.15, 0.2) is 0 Å². The first-order valence-corrected chi connectivity index (χ1v) is 6.51. The SMILES string of the molecule is OC(c1ccccc1C(F)(F)F)C1CCCS1. The molecule has 2 atom stereocenters. The third-order valence-corrected chi connectivity index (χ3v) is 4.35. The Bertz CT molecular complexity index is 386. The second-order valence-corrected chi connectivity index (χ2v) is 5.43. The molecule has 0 saturated carbocycles. The average Bonchev–Trinajstić information content (AvgIpc) is 2.80. The van der Waals surface area contributed by atoms with Crippen molar-refractivity contribution < 1.29 is 18.3 Å². The van der Waals surface area contributed by atoms with Crippen LogP contribution in [0.4, 0.5) is 13.2 Å². The summed E-state index contributed by atoms with van der Waals surface area (Å²) in [7, 11) is 0. The molecule has 0 aromatic heterocycles. The zero-order valence-corrected chi connectivity index (χ0v) is 9.89. The van der Waals surface area contributed by atoms with Gasteiger partial charge in [-0.2, -0.15) is 24.9 Å². The van der Waals surface area contributed by atoms with Crippen molar-refractivity contribution in [1.82, 2.24) is 0 Å². The van der Waals surface area contributed by atoms with E-state index in [4.69, 9.17) is 0 Å². The summed E-state index contributed by atoms with van der Waals surface area (Å²) in [5.41, 5.74) is -0.723. The van der Waals surface area contributed by atoms with Gasteiger partial charge in [-0.05, 0) is 30.2 Å². The predicted octanol–water partition coefficient (Wildman–Crippen LogP) is 3.63. The van der Waals surface area contributed by atoms with Crippen LogP contribution in [0, 0.1) is 0 Å². The van der Waals surface area contributed by atoms with Gasteiger partial charge in [0.1, 0.15) is 0 Å². The highest BCUT2D eigenvalue weighted by molar-refractivity contribution is 8.00. The summed E-state index contributed by atoms with van der Waals surface area (Å²) in [6.45, 7) is 0. The zero-order valence-electron chi connectivity index (χ0n) is 9.07. The number of hydrogen-bond acceptors (Lipinski definition) is 2. The maximum atomic E-state index is 12.8. The van der Waals surface area contributed by atoms with Crippen LogP contribution < -0.4 is 0 Å². The fourth-order valence-electron chi connectivity index (χ4n) is 2.06. The van der Waals surface area contributed by atoms with E-state index in [1.165, 1.54) is 18.2 Å². The van der Waals surface area contributed by atoms with Crippen LogP contribution in [0.3, 0.4) is 0 Å². The summed E-state index contributed by atoms with van der Waals surface area (Å²) in [6, 6.07) is 5.28. The Kier molecular flexibility index (Phi) is 3.68. The van der Waals surface area contributed by atoms with Gasteiger partial charge in [0, 0.05) is 5.25 Å². The Morgan fingerprint density at radius 3 is 2.59 bits per heavy atom. The fourth-order valence-corrected chi connectivity index (χ4v) is 3.36. The van der Waals surface area contributed by atoms with Crippen LogP contribution in [0.15, 0.2) is 24.3 Å². The minimum Gasteiger partial charge on any atom is -0.387 e. The van der Waals surface area contributed by atoms with Gasteiger partial charge in [0.05, 0.1) is 11.7 Å². The molecule has 1 aliphatic rings. The molecule has 2 rings (SSSR count). The summed E-state index contributed by atoms with van der Waals surface area (Å²) in [4.78, 5) is 0. The average molecular weight is 262 g/mol. The van der Waals surface area contributed by atoms with E-state index in [1.807, 2.05) is 0 Å². The van der Waals surface area contributed by atoms with Gasteiger partial charge >= 0.3 is 6.18 Å². The molecule has 1 nitrogen and oxygen atoms in total. The monoisotopic (exact) mass is 262 g/mol. The Morgan fingerprint density at radius 1 is 1.29 bits per heavy atom.